The van der Waals surface area contributed by atoms with E-state index in [-0.39, 0.29) is 0 Å². The van der Waals surface area contributed by atoms with E-state index in [2.05, 4.69) is 24.0 Å². The van der Waals surface area contributed by atoms with Crippen LogP contribution in [0.4, 0.5) is 0 Å². The molecule has 0 fully saturated rings. The maximum atomic E-state index is 9.85. The van der Waals surface area contributed by atoms with Crippen LogP contribution in [0.5, 0.6) is 0 Å². The van der Waals surface area contributed by atoms with Crippen LogP contribution in [0.25, 0.3) is 0 Å². The molecule has 0 bridgehead atoms. The number of isocyanates is 1. The Balaban J connectivity index is 2.33. The van der Waals surface area contributed by atoms with E-state index >= 15 is 0 Å². The van der Waals surface area contributed by atoms with Gasteiger partial charge in [-0.05, 0) is 24.3 Å². The minimum Gasteiger partial charge on any atom is -0.211 e. The van der Waals surface area contributed by atoms with E-state index in [1.165, 1.54) is 5.56 Å². The predicted octanol–water partition coefficient (Wildman–Crippen LogP) is 2.59. The van der Waals surface area contributed by atoms with E-state index in [9.17, 15) is 4.79 Å². The number of hydrogen-bond donors (Lipinski definition) is 0. The van der Waals surface area contributed by atoms with Crippen LogP contribution < -0.4 is 0 Å². The Morgan fingerprint density at radius 2 is 2.07 bits per heavy atom. The number of hydrogen-bond acceptors (Lipinski definition) is 2. The second-order valence-corrected chi connectivity index (χ2v) is 3.56. The molecule has 0 heterocycles. The molecule has 0 aromatic heterocycles. The summed E-state index contributed by atoms with van der Waals surface area (Å²) in [6.45, 7) is 2.77. The van der Waals surface area contributed by atoms with Crippen LogP contribution in [-0.4, -0.2) is 12.6 Å². The van der Waals surface area contributed by atoms with Crippen molar-refractivity contribution in [1.82, 2.24) is 0 Å². The minimum absolute atomic E-state index is 0.564. The number of benzene rings is 1. The molecule has 1 unspecified atom stereocenters. The quantitative estimate of drug-likeness (QED) is 0.517. The highest BCUT2D eigenvalue weighted by molar-refractivity contribution is 5.32. The predicted molar refractivity (Wildman–Crippen MR) is 56.9 cm³/mol. The zero-order valence-electron chi connectivity index (χ0n) is 8.44. The number of carbonyl (C=O) groups excluding carboxylic acids is 1. The highest BCUT2D eigenvalue weighted by Crippen LogP contribution is 2.11. The maximum Gasteiger partial charge on any atom is 0.234 e. The van der Waals surface area contributed by atoms with Gasteiger partial charge in [0.1, 0.15) is 0 Å². The lowest BCUT2D eigenvalue weighted by Gasteiger charge is -2.08. The van der Waals surface area contributed by atoms with Gasteiger partial charge in [-0.1, -0.05) is 37.3 Å². The molecule has 0 aliphatic rings. The van der Waals surface area contributed by atoms with E-state index in [0.29, 0.717) is 12.5 Å². The first-order valence-corrected chi connectivity index (χ1v) is 4.90. The lowest BCUT2D eigenvalue weighted by molar-refractivity contribution is 0.531. The molecule has 14 heavy (non-hydrogen) atoms. The molecule has 0 amide bonds. The molecule has 0 saturated heterocycles. The molecular weight excluding hydrogens is 174 g/mol. The van der Waals surface area contributed by atoms with Gasteiger partial charge < -0.3 is 0 Å². The third-order valence-corrected chi connectivity index (χ3v) is 2.23. The minimum atomic E-state index is 0.564. The van der Waals surface area contributed by atoms with Gasteiger partial charge in [-0.25, -0.2) is 9.79 Å². The highest BCUT2D eigenvalue weighted by Gasteiger charge is 2.02. The molecule has 1 rings (SSSR count). The molecule has 0 aliphatic carbocycles. The fourth-order valence-corrected chi connectivity index (χ4v) is 1.45. The largest absolute Gasteiger partial charge is 0.234 e. The molecule has 0 radical (unpaired) electrons. The summed E-state index contributed by atoms with van der Waals surface area (Å²) in [7, 11) is 0. The summed E-state index contributed by atoms with van der Waals surface area (Å²) in [5, 5.41) is 0. The number of aliphatic imine (C=N–C) groups is 1. The molecule has 0 N–H and O–H groups in total. The van der Waals surface area contributed by atoms with Crippen molar-refractivity contribution in [2.24, 2.45) is 10.9 Å². The van der Waals surface area contributed by atoms with Crippen LogP contribution >= 0.6 is 0 Å². The summed E-state index contributed by atoms with van der Waals surface area (Å²) in [5.41, 5.74) is 1.34. The molecular formula is C12H15NO. The van der Waals surface area contributed by atoms with Crippen LogP contribution in [0.3, 0.4) is 0 Å². The van der Waals surface area contributed by atoms with Crippen LogP contribution in [0.2, 0.25) is 0 Å². The molecule has 1 aromatic carbocycles. The maximum absolute atomic E-state index is 9.85. The highest BCUT2D eigenvalue weighted by atomic mass is 16.1. The lowest BCUT2D eigenvalue weighted by Crippen LogP contribution is -2.01. The van der Waals surface area contributed by atoms with Gasteiger partial charge in [0.05, 0.1) is 6.54 Å². The summed E-state index contributed by atoms with van der Waals surface area (Å²) in [5.74, 6) is 0.564. The van der Waals surface area contributed by atoms with Gasteiger partial charge in [0, 0.05) is 0 Å². The number of rotatable bonds is 5. The van der Waals surface area contributed by atoms with Crippen LogP contribution in [-0.2, 0) is 11.2 Å². The third-order valence-electron chi connectivity index (χ3n) is 2.23. The molecule has 1 atom stereocenters. The Hall–Kier alpha value is -1.40. The Bertz CT molecular complexity index is 301. The van der Waals surface area contributed by atoms with Gasteiger partial charge >= 0.3 is 0 Å². The van der Waals surface area contributed by atoms with Gasteiger partial charge in [0.2, 0.25) is 6.08 Å². The molecule has 0 aliphatic heterocycles. The fourth-order valence-electron chi connectivity index (χ4n) is 1.45. The smallest absolute Gasteiger partial charge is 0.211 e. The molecule has 2 nitrogen and oxygen atoms in total. The third kappa shape index (κ3) is 4.01. The lowest BCUT2D eigenvalue weighted by atomic mass is 9.98. The molecule has 0 spiro atoms. The topological polar surface area (TPSA) is 29.4 Å². The van der Waals surface area contributed by atoms with Crippen molar-refractivity contribution in [3.63, 3.8) is 0 Å². The molecule has 74 valence electrons. The molecule has 2 heteroatoms. The summed E-state index contributed by atoms with van der Waals surface area (Å²) in [6.07, 6.45) is 3.56. The summed E-state index contributed by atoms with van der Waals surface area (Å²) >= 11 is 0. The standard InChI is InChI=1S/C12H15NO/c1-11(7-8-13-10-14)9-12-5-3-2-4-6-12/h2-6,11H,7-9H2,1H3. The Labute approximate surface area is 84.7 Å². The van der Waals surface area contributed by atoms with E-state index in [1.54, 1.807) is 6.08 Å². The Kier molecular flexibility index (Phi) is 4.66. The van der Waals surface area contributed by atoms with Crippen molar-refractivity contribution < 1.29 is 4.79 Å². The van der Waals surface area contributed by atoms with Crippen molar-refractivity contribution >= 4 is 6.08 Å². The SMILES string of the molecule is CC(CCN=C=O)Cc1ccccc1. The second kappa shape index (κ2) is 6.11. The van der Waals surface area contributed by atoms with Gasteiger partial charge in [0.25, 0.3) is 0 Å². The monoisotopic (exact) mass is 189 g/mol. The van der Waals surface area contributed by atoms with Crippen molar-refractivity contribution in [1.29, 1.82) is 0 Å². The first-order valence-electron chi connectivity index (χ1n) is 4.90. The van der Waals surface area contributed by atoms with E-state index in [4.69, 9.17) is 0 Å². The van der Waals surface area contributed by atoms with Gasteiger partial charge in [-0.2, -0.15) is 0 Å². The fraction of sp³-hybridized carbons (Fsp3) is 0.417. The average Bonchev–Trinajstić information content (AvgIpc) is 2.20. The van der Waals surface area contributed by atoms with Gasteiger partial charge in [-0.15, -0.1) is 0 Å². The van der Waals surface area contributed by atoms with E-state index in [1.807, 2.05) is 18.2 Å². The first-order chi connectivity index (χ1) is 6.83. The van der Waals surface area contributed by atoms with E-state index < -0.39 is 0 Å². The van der Waals surface area contributed by atoms with Gasteiger partial charge in [-0.3, -0.25) is 0 Å². The Morgan fingerprint density at radius 3 is 2.71 bits per heavy atom. The number of nitrogens with zero attached hydrogens (tertiary/aromatic N) is 1. The normalized spacial score (nSPS) is 11.8. The van der Waals surface area contributed by atoms with Crippen molar-refractivity contribution in [3.05, 3.63) is 35.9 Å². The summed E-state index contributed by atoms with van der Waals surface area (Å²) < 4.78 is 0. The van der Waals surface area contributed by atoms with Crippen molar-refractivity contribution in [3.8, 4) is 0 Å². The van der Waals surface area contributed by atoms with Crippen molar-refractivity contribution in [2.45, 2.75) is 19.8 Å². The zero-order valence-corrected chi connectivity index (χ0v) is 8.44. The Morgan fingerprint density at radius 1 is 1.36 bits per heavy atom. The van der Waals surface area contributed by atoms with Gasteiger partial charge in [0.15, 0.2) is 0 Å². The van der Waals surface area contributed by atoms with E-state index in [0.717, 1.165) is 12.8 Å². The van der Waals surface area contributed by atoms with Crippen molar-refractivity contribution in [2.75, 3.05) is 6.54 Å². The molecule has 1 aromatic rings. The second-order valence-electron chi connectivity index (χ2n) is 3.56. The van der Waals surface area contributed by atoms with Crippen LogP contribution in [0, 0.1) is 5.92 Å². The van der Waals surface area contributed by atoms with Crippen LogP contribution in [0.1, 0.15) is 18.9 Å². The zero-order chi connectivity index (χ0) is 10.2. The summed E-state index contributed by atoms with van der Waals surface area (Å²) in [6, 6.07) is 10.4. The average molecular weight is 189 g/mol. The summed E-state index contributed by atoms with van der Waals surface area (Å²) in [4.78, 5) is 13.4. The van der Waals surface area contributed by atoms with Crippen LogP contribution in [0.15, 0.2) is 35.3 Å². The molecule has 0 saturated carbocycles. The first kappa shape index (κ1) is 10.7.